The van der Waals surface area contributed by atoms with E-state index in [1.165, 1.54) is 38.1 Å². The molecule has 2 unspecified atom stereocenters. The molecule has 16 heteroatoms. The molecule has 0 saturated carbocycles. The predicted octanol–water partition coefficient (Wildman–Crippen LogP) is 2.24. The summed E-state index contributed by atoms with van der Waals surface area (Å²) in [5.74, 6) is -16.1. The van der Waals surface area contributed by atoms with E-state index < -0.39 is 96.4 Å². The fourth-order valence-electron chi connectivity index (χ4n) is 3.23. The molecule has 4 N–H and O–H groups in total. The van der Waals surface area contributed by atoms with Gasteiger partial charge in [0.05, 0.1) is 6.42 Å². The summed E-state index contributed by atoms with van der Waals surface area (Å²) in [6, 6.07) is 1.80. The van der Waals surface area contributed by atoms with Crippen molar-refractivity contribution in [1.29, 1.82) is 0 Å². The SMILES string of the molecule is CC(C)C(NC(=O)C(=O)Nc1ccc(OCF)cc1)C(=O)NC(CC(=O)O)C(=O)COc1c(F)c(F)cc(F)c1F. The Bertz CT molecular complexity index is 1280. The molecule has 0 bridgehead atoms. The number of carboxylic acids is 1. The molecular formula is C25H24F5N3O8. The molecule has 11 nitrogen and oxygen atoms in total. The Morgan fingerprint density at radius 3 is 1.98 bits per heavy atom. The predicted molar refractivity (Wildman–Crippen MR) is 129 cm³/mol. The normalized spacial score (nSPS) is 12.2. The minimum Gasteiger partial charge on any atom is -0.481 e. The Labute approximate surface area is 229 Å². The number of anilines is 1. The van der Waals surface area contributed by atoms with Crippen LogP contribution in [0.2, 0.25) is 0 Å². The summed E-state index contributed by atoms with van der Waals surface area (Å²) >= 11 is 0. The van der Waals surface area contributed by atoms with Gasteiger partial charge in [-0.15, -0.1) is 0 Å². The molecule has 3 amide bonds. The second-order valence-corrected chi connectivity index (χ2v) is 8.64. The van der Waals surface area contributed by atoms with Crippen molar-refractivity contribution in [3.8, 4) is 11.5 Å². The molecule has 0 heterocycles. The second kappa shape index (κ2) is 14.6. The van der Waals surface area contributed by atoms with Gasteiger partial charge in [-0.1, -0.05) is 13.8 Å². The van der Waals surface area contributed by atoms with Crippen molar-refractivity contribution in [3.63, 3.8) is 0 Å². The number of ketones is 1. The third-order valence-electron chi connectivity index (χ3n) is 5.29. The van der Waals surface area contributed by atoms with Crippen molar-refractivity contribution in [1.82, 2.24) is 10.6 Å². The Morgan fingerprint density at radius 2 is 1.46 bits per heavy atom. The van der Waals surface area contributed by atoms with Crippen LogP contribution in [0.25, 0.3) is 0 Å². The van der Waals surface area contributed by atoms with Gasteiger partial charge < -0.3 is 30.5 Å². The smallest absolute Gasteiger partial charge is 0.313 e. The number of rotatable bonds is 13. The summed E-state index contributed by atoms with van der Waals surface area (Å²) in [5.41, 5.74) is 0.125. The van der Waals surface area contributed by atoms with Gasteiger partial charge in [0, 0.05) is 11.8 Å². The monoisotopic (exact) mass is 589 g/mol. The fourth-order valence-corrected chi connectivity index (χ4v) is 3.23. The minimum absolute atomic E-state index is 0.0902. The van der Waals surface area contributed by atoms with Gasteiger partial charge in [0.15, 0.2) is 23.2 Å². The Morgan fingerprint density at radius 1 is 0.878 bits per heavy atom. The molecule has 0 aliphatic carbocycles. The zero-order chi connectivity index (χ0) is 30.9. The maximum absolute atomic E-state index is 13.8. The van der Waals surface area contributed by atoms with Gasteiger partial charge in [-0.05, 0) is 30.2 Å². The average molecular weight is 589 g/mol. The first kappa shape index (κ1) is 32.5. The van der Waals surface area contributed by atoms with E-state index in [9.17, 15) is 45.9 Å². The van der Waals surface area contributed by atoms with Gasteiger partial charge >= 0.3 is 17.8 Å². The summed E-state index contributed by atoms with van der Waals surface area (Å²) in [7, 11) is 0. The number of carbonyl (C=O) groups excluding carboxylic acids is 4. The average Bonchev–Trinajstić information content (AvgIpc) is 2.90. The summed E-state index contributed by atoms with van der Waals surface area (Å²) in [6.45, 7) is 0.522. The van der Waals surface area contributed by atoms with E-state index in [1.54, 1.807) is 0 Å². The number of hydrogen-bond donors (Lipinski definition) is 4. The van der Waals surface area contributed by atoms with Gasteiger partial charge in [-0.2, -0.15) is 8.78 Å². The number of halogens is 5. The molecule has 0 saturated heterocycles. The zero-order valence-corrected chi connectivity index (χ0v) is 21.4. The molecule has 2 atom stereocenters. The Kier molecular flexibility index (Phi) is 11.5. The number of amides is 3. The summed E-state index contributed by atoms with van der Waals surface area (Å²) in [6.07, 6.45) is -1.04. The maximum atomic E-state index is 13.8. The Hall–Kier alpha value is -4.76. The van der Waals surface area contributed by atoms with E-state index in [0.717, 1.165) is 0 Å². The number of nitrogens with one attached hydrogen (secondary N) is 3. The third kappa shape index (κ3) is 9.15. The van der Waals surface area contributed by atoms with Crippen LogP contribution in [0.15, 0.2) is 30.3 Å². The lowest BCUT2D eigenvalue weighted by Gasteiger charge is -2.24. The van der Waals surface area contributed by atoms with Crippen molar-refractivity contribution in [3.05, 3.63) is 53.6 Å². The highest BCUT2D eigenvalue weighted by atomic mass is 19.2. The van der Waals surface area contributed by atoms with E-state index in [4.69, 9.17) is 5.11 Å². The summed E-state index contributed by atoms with van der Waals surface area (Å²) < 4.78 is 75.7. The minimum atomic E-state index is -1.94. The van der Waals surface area contributed by atoms with E-state index in [2.05, 4.69) is 25.4 Å². The molecule has 0 spiro atoms. The number of carboxylic acid groups (broad SMARTS) is 1. The quantitative estimate of drug-likeness (QED) is 0.157. The van der Waals surface area contributed by atoms with Crippen LogP contribution < -0.4 is 25.4 Å². The van der Waals surface area contributed by atoms with Gasteiger partial charge in [0.25, 0.3) is 0 Å². The van der Waals surface area contributed by atoms with Crippen molar-refractivity contribution in [2.75, 3.05) is 18.8 Å². The number of ether oxygens (including phenoxy) is 2. The van der Waals surface area contributed by atoms with E-state index in [-0.39, 0.29) is 17.5 Å². The molecule has 41 heavy (non-hydrogen) atoms. The first-order valence-corrected chi connectivity index (χ1v) is 11.7. The third-order valence-corrected chi connectivity index (χ3v) is 5.29. The van der Waals surface area contributed by atoms with E-state index >= 15 is 0 Å². The molecule has 2 aromatic rings. The number of carbonyl (C=O) groups is 5. The first-order valence-electron chi connectivity index (χ1n) is 11.7. The number of Topliss-reactive ketones (excluding diaryl/α,β-unsaturated/α-hetero) is 1. The van der Waals surface area contributed by atoms with Crippen molar-refractivity contribution >= 4 is 35.2 Å². The first-order chi connectivity index (χ1) is 19.2. The van der Waals surface area contributed by atoms with Gasteiger partial charge in [-0.3, -0.25) is 24.0 Å². The lowest BCUT2D eigenvalue weighted by Crippen LogP contribution is -2.56. The van der Waals surface area contributed by atoms with Gasteiger partial charge in [0.2, 0.25) is 24.4 Å². The number of hydrogen-bond acceptors (Lipinski definition) is 7. The summed E-state index contributed by atoms with van der Waals surface area (Å²) in [4.78, 5) is 61.4. The molecule has 0 aromatic heterocycles. The number of aliphatic carboxylic acids is 1. The largest absolute Gasteiger partial charge is 0.481 e. The fraction of sp³-hybridized carbons (Fsp3) is 0.320. The molecule has 0 aliphatic heterocycles. The van der Waals surface area contributed by atoms with Crippen molar-refractivity contribution < 1.29 is 60.5 Å². The molecule has 222 valence electrons. The van der Waals surface area contributed by atoms with Crippen LogP contribution in [0, 0.1) is 29.2 Å². The van der Waals surface area contributed by atoms with Gasteiger partial charge in [0.1, 0.15) is 24.4 Å². The highest BCUT2D eigenvalue weighted by Crippen LogP contribution is 2.26. The molecule has 2 aromatic carbocycles. The number of benzene rings is 2. The zero-order valence-electron chi connectivity index (χ0n) is 21.4. The Balaban J connectivity index is 2.10. The lowest BCUT2D eigenvalue weighted by atomic mass is 10.0. The lowest BCUT2D eigenvalue weighted by molar-refractivity contribution is -0.141. The van der Waals surface area contributed by atoms with E-state index in [0.29, 0.717) is 0 Å². The maximum Gasteiger partial charge on any atom is 0.313 e. The van der Waals surface area contributed by atoms with Crippen LogP contribution in [0.4, 0.5) is 27.6 Å². The molecular weight excluding hydrogens is 565 g/mol. The highest BCUT2D eigenvalue weighted by molar-refractivity contribution is 6.40. The standard InChI is InChI=1S/C25H24F5N3O8/c1-11(2)21(33-25(39)24(38)31-12-3-5-13(6-4-12)41-10-26)23(37)32-16(8-18(35)36)17(34)9-40-22-19(29)14(27)7-15(28)20(22)30/h3-7,11,16,21H,8-10H2,1-2H3,(H,31,38)(H,32,37)(H,33,39)(H,35,36). The van der Waals surface area contributed by atoms with Crippen molar-refractivity contribution in [2.45, 2.75) is 32.4 Å². The van der Waals surface area contributed by atoms with Crippen molar-refractivity contribution in [2.24, 2.45) is 5.92 Å². The van der Waals surface area contributed by atoms with Crippen LogP contribution in [0.1, 0.15) is 20.3 Å². The van der Waals surface area contributed by atoms with Crippen LogP contribution >= 0.6 is 0 Å². The molecule has 2 rings (SSSR count). The molecule has 0 radical (unpaired) electrons. The molecule has 0 aliphatic rings. The molecule has 0 fully saturated rings. The number of alkyl halides is 1. The van der Waals surface area contributed by atoms with E-state index in [1.807, 2.05) is 0 Å². The highest BCUT2D eigenvalue weighted by Gasteiger charge is 2.32. The van der Waals surface area contributed by atoms with Crippen LogP contribution in [-0.4, -0.2) is 60.1 Å². The van der Waals surface area contributed by atoms with Gasteiger partial charge in [-0.25, -0.2) is 13.2 Å². The van der Waals surface area contributed by atoms with Crippen LogP contribution in [0.5, 0.6) is 11.5 Å². The van der Waals surface area contributed by atoms with Crippen LogP contribution in [-0.2, 0) is 24.0 Å². The van der Waals surface area contributed by atoms with Crippen LogP contribution in [0.3, 0.4) is 0 Å². The topological polar surface area (TPSA) is 160 Å². The second-order valence-electron chi connectivity index (χ2n) is 8.64. The summed E-state index contributed by atoms with van der Waals surface area (Å²) in [5, 5.41) is 15.6.